The molecule has 0 saturated heterocycles. The summed E-state index contributed by atoms with van der Waals surface area (Å²) in [6, 6.07) is 21.9. The number of aliphatic hydroxyl groups excluding tert-OH is 2. The van der Waals surface area contributed by atoms with Crippen LogP contribution in [0.15, 0.2) is 79.4 Å². The number of aromatic amines is 1. The van der Waals surface area contributed by atoms with Gasteiger partial charge in [0.15, 0.2) is 0 Å². The number of hydrogen-bond acceptors (Lipinski definition) is 12. The van der Waals surface area contributed by atoms with Gasteiger partial charge in [-0.1, -0.05) is 36.4 Å². The second kappa shape index (κ2) is 17.9. The number of benzene rings is 3. The number of rotatable bonds is 10. The van der Waals surface area contributed by atoms with Gasteiger partial charge in [0.25, 0.3) is 0 Å². The fourth-order valence-corrected chi connectivity index (χ4v) is 4.07. The van der Waals surface area contributed by atoms with Crippen LogP contribution in [0.5, 0.6) is 0 Å². The van der Waals surface area contributed by atoms with E-state index >= 15 is 0 Å². The first-order valence-electron chi connectivity index (χ1n) is 13.9. The van der Waals surface area contributed by atoms with Gasteiger partial charge in [0.1, 0.15) is 25.1 Å². The van der Waals surface area contributed by atoms with Crippen molar-refractivity contribution in [2.75, 3.05) is 21.3 Å². The van der Waals surface area contributed by atoms with Gasteiger partial charge in [-0.05, 0) is 79.9 Å². The molecule has 2 aromatic carbocycles. The van der Waals surface area contributed by atoms with Crippen LogP contribution in [-0.2, 0) is 0 Å². The predicted octanol–water partition coefficient (Wildman–Crippen LogP) is 3.83. The Hall–Kier alpha value is -3.66. The Kier molecular flexibility index (Phi) is 14.3. The van der Waals surface area contributed by atoms with Crippen molar-refractivity contribution >= 4 is 117 Å². The zero-order valence-corrected chi connectivity index (χ0v) is 24.4. The third-order valence-corrected chi connectivity index (χ3v) is 6.13. The summed E-state index contributed by atoms with van der Waals surface area (Å²) in [5.41, 5.74) is 7.54. The van der Waals surface area contributed by atoms with Crippen molar-refractivity contribution in [2.45, 2.75) is 33.2 Å². The number of aliphatic hydroxyl groups is 2. The molecular formula is C31H35N11Na2O2. The van der Waals surface area contributed by atoms with Crippen LogP contribution in [0.25, 0.3) is 23.2 Å². The molecule has 46 heavy (non-hydrogen) atoms. The molecule has 2 bridgehead atoms. The van der Waals surface area contributed by atoms with Crippen LogP contribution in [0.4, 0.5) is 35.2 Å². The molecule has 0 aliphatic carbocycles. The van der Waals surface area contributed by atoms with Crippen molar-refractivity contribution in [1.29, 1.82) is 0 Å². The zero-order valence-electron chi connectivity index (χ0n) is 24.4. The molecular weight excluding hydrogens is 604 g/mol. The van der Waals surface area contributed by atoms with Crippen LogP contribution in [0.1, 0.15) is 30.5 Å². The normalized spacial score (nSPS) is 11.8. The van der Waals surface area contributed by atoms with E-state index in [4.69, 9.17) is 0 Å². The summed E-state index contributed by atoms with van der Waals surface area (Å²) in [4.78, 5) is 27.7. The van der Waals surface area contributed by atoms with E-state index in [0.29, 0.717) is 11.9 Å². The van der Waals surface area contributed by atoms with Gasteiger partial charge in [-0.2, -0.15) is 9.97 Å². The number of hydrogen-bond donors (Lipinski definition) is 7. The van der Waals surface area contributed by atoms with Gasteiger partial charge in [-0.3, -0.25) is 0 Å². The summed E-state index contributed by atoms with van der Waals surface area (Å²) in [7, 11) is 0. The zero-order chi connectivity index (χ0) is 30.9. The minimum atomic E-state index is -0.763. The van der Waals surface area contributed by atoms with Crippen LogP contribution in [0, 0.1) is 6.92 Å². The van der Waals surface area contributed by atoms with E-state index in [1.807, 2.05) is 60.7 Å². The van der Waals surface area contributed by atoms with Gasteiger partial charge in [0.2, 0.25) is 23.8 Å². The van der Waals surface area contributed by atoms with Crippen LogP contribution in [0.3, 0.4) is 0 Å². The van der Waals surface area contributed by atoms with Crippen molar-refractivity contribution in [3.8, 4) is 0 Å². The summed E-state index contributed by atoms with van der Waals surface area (Å²) in [5, 5.41) is 30.5. The molecule has 0 spiro atoms. The third kappa shape index (κ3) is 11.3. The summed E-state index contributed by atoms with van der Waals surface area (Å²) >= 11 is 0. The number of aryl methyl sites for hydroxylation is 1. The number of anilines is 6. The van der Waals surface area contributed by atoms with Gasteiger partial charge in [0, 0.05) is 22.4 Å². The Labute approximate surface area is 310 Å². The van der Waals surface area contributed by atoms with Gasteiger partial charge < -0.3 is 36.5 Å². The number of nitrogens with one attached hydrogen (secondary N) is 5. The van der Waals surface area contributed by atoms with Gasteiger partial charge >= 0.3 is 59.1 Å². The van der Waals surface area contributed by atoms with Gasteiger partial charge in [-0.15, -0.1) is 0 Å². The van der Waals surface area contributed by atoms with Crippen LogP contribution in [-0.4, -0.2) is 117 Å². The van der Waals surface area contributed by atoms with Gasteiger partial charge in [-0.25, -0.2) is 19.9 Å². The van der Waals surface area contributed by atoms with Gasteiger partial charge in [0.05, 0.1) is 0 Å². The fourth-order valence-electron chi connectivity index (χ4n) is 4.07. The molecule has 7 N–H and O–H groups in total. The van der Waals surface area contributed by atoms with Crippen molar-refractivity contribution in [3.63, 3.8) is 0 Å². The Balaban J connectivity index is 0.000000496. The second-order valence-corrected chi connectivity index (χ2v) is 9.89. The average Bonchev–Trinajstić information content (AvgIpc) is 3.61. The Bertz CT molecular complexity index is 1700. The van der Waals surface area contributed by atoms with E-state index in [0.717, 1.165) is 22.5 Å². The molecule has 0 saturated carbocycles. The monoisotopic (exact) mass is 639 g/mol. The van der Waals surface area contributed by atoms with Crippen molar-refractivity contribution in [3.05, 3.63) is 96.1 Å². The quantitative estimate of drug-likeness (QED) is 0.0655. The number of H-pyrrole nitrogens is 1. The second-order valence-electron chi connectivity index (χ2n) is 9.89. The molecule has 2 unspecified atom stereocenters. The number of nitrogens with zero attached hydrogens (tertiary/aromatic N) is 6. The first-order valence-corrected chi connectivity index (χ1v) is 13.9. The first kappa shape index (κ1) is 36.8. The maximum atomic E-state index is 9.40. The molecule has 6 aromatic rings. The van der Waals surface area contributed by atoms with Crippen molar-refractivity contribution in [1.82, 2.24) is 34.9 Å². The molecule has 13 nitrogen and oxygen atoms in total. The molecule has 0 aliphatic heterocycles. The average molecular weight is 640 g/mol. The molecule has 4 aromatic heterocycles. The van der Waals surface area contributed by atoms with E-state index in [-0.39, 0.29) is 71.0 Å². The Morgan fingerprint density at radius 1 is 0.630 bits per heavy atom. The predicted molar refractivity (Wildman–Crippen MR) is 187 cm³/mol. The van der Waals surface area contributed by atoms with Crippen molar-refractivity contribution < 1.29 is 10.2 Å². The van der Waals surface area contributed by atoms with E-state index < -0.39 is 12.5 Å². The summed E-state index contributed by atoms with van der Waals surface area (Å²) in [6.07, 6.45) is 5.24. The molecule has 6 rings (SSSR count). The minimum absolute atomic E-state index is 0. The summed E-state index contributed by atoms with van der Waals surface area (Å²) in [5.74, 6) is 1.32. The molecule has 0 radical (unpaired) electrons. The third-order valence-electron chi connectivity index (χ3n) is 6.13. The number of fused-ring (bicyclic) bond motifs is 2. The molecule has 228 valence electrons. The molecule has 2 atom stereocenters. The van der Waals surface area contributed by atoms with Crippen LogP contribution in [0.2, 0.25) is 0 Å². The first-order chi connectivity index (χ1) is 21.3. The van der Waals surface area contributed by atoms with E-state index in [9.17, 15) is 10.2 Å². The van der Waals surface area contributed by atoms with E-state index in [1.54, 1.807) is 13.8 Å². The summed E-state index contributed by atoms with van der Waals surface area (Å²) in [6.45, 7) is 5.28. The molecule has 4 heterocycles. The fraction of sp³-hybridized carbons (Fsp3) is 0.161. The van der Waals surface area contributed by atoms with Crippen LogP contribution < -0.4 is 21.3 Å². The van der Waals surface area contributed by atoms with E-state index in [1.165, 1.54) is 29.3 Å². The molecule has 0 amide bonds. The van der Waals surface area contributed by atoms with Crippen molar-refractivity contribution in [2.24, 2.45) is 0 Å². The molecule has 0 aliphatic rings. The Morgan fingerprint density at radius 2 is 1.07 bits per heavy atom. The number of aromatic nitrogens is 7. The summed E-state index contributed by atoms with van der Waals surface area (Å²) < 4.78 is 0. The molecule has 15 heteroatoms. The maximum absolute atomic E-state index is 9.40. The topological polar surface area (TPSA) is 182 Å². The standard InChI is InChI=1S/C24H26N10O2.C7H7N.2Na.2H/c1-15(35)29-21-25-13-27-23(33-21)31-19-9-5-17(6-10-19)3-4-18-7-11-20(12-8-18)32-24-28-14-26-22(34-24)30-16(2)36;1-5-4-6-2-3-7(5)8-6;;;;/h3-16,35-36H,1-2H3,(H2,25,27,29,31,33)(H2,26,28,30,32,34);2-4,8H,1H3;;;;. The SMILES string of the molecule is CC(O)Nc1ncnc(Nc2ccc(C=Cc3ccc(Nc4ncnc(NC(C)O)n4)cc3)cc2)n1.Cc1cc2ccc1[nH]2.[NaH].[NaH]. The molecule has 0 fully saturated rings. The van der Waals surface area contributed by atoms with E-state index in [2.05, 4.69) is 81.3 Å². The van der Waals surface area contributed by atoms with Crippen LogP contribution >= 0.6 is 0 Å². The Morgan fingerprint density at radius 3 is 1.39 bits per heavy atom.